The van der Waals surface area contributed by atoms with Gasteiger partial charge in [0.2, 0.25) is 6.79 Å². The highest BCUT2D eigenvalue weighted by Gasteiger charge is 2.18. The van der Waals surface area contributed by atoms with Crippen molar-refractivity contribution in [2.24, 2.45) is 0 Å². The molecule has 0 radical (unpaired) electrons. The quantitative estimate of drug-likeness (QED) is 0.628. The number of hydrogen-bond donors (Lipinski definition) is 1. The van der Waals surface area contributed by atoms with Crippen LogP contribution in [0.1, 0.15) is 16.7 Å². The summed E-state index contributed by atoms with van der Waals surface area (Å²) in [6.45, 7) is 0.421. The maximum absolute atomic E-state index is 11.1. The molecule has 0 fully saturated rings. The summed E-state index contributed by atoms with van der Waals surface area (Å²) >= 11 is 0. The van der Waals surface area contributed by atoms with Crippen LogP contribution in [0.2, 0.25) is 0 Å². The molecule has 30 heavy (non-hydrogen) atoms. The van der Waals surface area contributed by atoms with Crippen LogP contribution in [0.25, 0.3) is 0 Å². The van der Waals surface area contributed by atoms with Crippen LogP contribution >= 0.6 is 0 Å². The molecule has 0 unspecified atom stereocenters. The Morgan fingerprint density at radius 1 is 1.03 bits per heavy atom. The third-order valence-electron chi connectivity index (χ3n) is 4.48. The van der Waals surface area contributed by atoms with Crippen molar-refractivity contribution < 1.29 is 28.8 Å². The first-order valence-corrected chi connectivity index (χ1v) is 9.16. The van der Waals surface area contributed by atoms with Crippen molar-refractivity contribution >= 4 is 5.97 Å². The van der Waals surface area contributed by atoms with Gasteiger partial charge in [0.05, 0.1) is 12.0 Å². The molecule has 0 saturated carbocycles. The molecule has 0 aromatic heterocycles. The lowest BCUT2D eigenvalue weighted by molar-refractivity contribution is -0.136. The Bertz CT molecular complexity index is 1130. The maximum atomic E-state index is 11.1. The van der Waals surface area contributed by atoms with Crippen molar-refractivity contribution in [2.45, 2.75) is 13.0 Å². The zero-order valence-corrected chi connectivity index (χ0v) is 15.8. The van der Waals surface area contributed by atoms with E-state index in [0.717, 1.165) is 5.56 Å². The summed E-state index contributed by atoms with van der Waals surface area (Å²) in [6, 6.07) is 19.3. The number of carbonyl (C=O) groups is 1. The van der Waals surface area contributed by atoms with E-state index in [-0.39, 0.29) is 25.6 Å². The molecule has 0 atom stereocenters. The number of carboxylic acid groups (broad SMARTS) is 1. The molecule has 1 aliphatic rings. The van der Waals surface area contributed by atoms with Crippen molar-refractivity contribution in [3.63, 3.8) is 0 Å². The smallest absolute Gasteiger partial charge is 0.307 e. The van der Waals surface area contributed by atoms with E-state index in [1.165, 1.54) is 0 Å². The molecule has 0 bridgehead atoms. The minimum absolute atomic E-state index is 0.178. The Labute approximate surface area is 172 Å². The zero-order valence-electron chi connectivity index (χ0n) is 15.8. The first-order valence-electron chi connectivity index (χ1n) is 9.16. The van der Waals surface area contributed by atoms with Crippen LogP contribution in [0.3, 0.4) is 0 Å². The first-order chi connectivity index (χ1) is 14.6. The van der Waals surface area contributed by atoms with Gasteiger partial charge in [0.15, 0.2) is 11.5 Å². The fourth-order valence-corrected chi connectivity index (χ4v) is 3.07. The lowest BCUT2D eigenvalue weighted by atomic mass is 10.1. The van der Waals surface area contributed by atoms with E-state index in [0.29, 0.717) is 34.1 Å². The molecule has 0 amide bonds. The van der Waals surface area contributed by atoms with Crippen molar-refractivity contribution in [3.8, 4) is 34.8 Å². The second kappa shape index (κ2) is 8.45. The maximum Gasteiger partial charge on any atom is 0.307 e. The van der Waals surface area contributed by atoms with Crippen molar-refractivity contribution in [2.75, 3.05) is 6.79 Å². The highest BCUT2D eigenvalue weighted by molar-refractivity contribution is 5.71. The highest BCUT2D eigenvalue weighted by Crippen LogP contribution is 2.36. The molecule has 1 aliphatic heterocycles. The lowest BCUT2D eigenvalue weighted by Crippen LogP contribution is -2.02. The summed E-state index contributed by atoms with van der Waals surface area (Å²) in [5, 5.41) is 18.5. The standard InChI is InChI=1S/C23H17NO6/c24-12-16-8-9-18(27-13-17-5-3-7-20-23(17)29-14-28-20)11-21(16)30-19-6-2-1-4-15(19)10-22(25)26/h1-9,11H,10,13-14H2,(H,25,26). The minimum Gasteiger partial charge on any atom is -0.489 e. The monoisotopic (exact) mass is 403 g/mol. The van der Waals surface area contributed by atoms with Gasteiger partial charge in [-0.3, -0.25) is 4.79 Å². The highest BCUT2D eigenvalue weighted by atomic mass is 16.7. The average Bonchev–Trinajstić information content (AvgIpc) is 3.23. The van der Waals surface area contributed by atoms with Gasteiger partial charge >= 0.3 is 5.97 Å². The fourth-order valence-electron chi connectivity index (χ4n) is 3.07. The van der Waals surface area contributed by atoms with Gasteiger partial charge in [-0.05, 0) is 24.3 Å². The Kier molecular flexibility index (Phi) is 5.39. The van der Waals surface area contributed by atoms with Gasteiger partial charge in [0.25, 0.3) is 0 Å². The van der Waals surface area contributed by atoms with E-state index in [1.807, 2.05) is 18.2 Å². The van der Waals surface area contributed by atoms with E-state index in [2.05, 4.69) is 6.07 Å². The third-order valence-corrected chi connectivity index (χ3v) is 4.48. The number of carboxylic acids is 1. The predicted molar refractivity (Wildman–Crippen MR) is 106 cm³/mol. The van der Waals surface area contributed by atoms with Crippen LogP contribution in [0.4, 0.5) is 0 Å². The number of para-hydroxylation sites is 2. The number of nitrogens with zero attached hydrogens (tertiary/aromatic N) is 1. The Morgan fingerprint density at radius 3 is 2.70 bits per heavy atom. The number of rotatable bonds is 7. The second-order valence-corrected chi connectivity index (χ2v) is 6.49. The molecule has 0 aliphatic carbocycles. The third kappa shape index (κ3) is 4.13. The lowest BCUT2D eigenvalue weighted by Gasteiger charge is -2.13. The molecule has 7 heteroatoms. The van der Waals surface area contributed by atoms with Gasteiger partial charge in [-0.1, -0.05) is 30.3 Å². The normalized spacial score (nSPS) is 11.6. The summed E-state index contributed by atoms with van der Waals surface area (Å²) in [7, 11) is 0. The number of fused-ring (bicyclic) bond motifs is 1. The molecular weight excluding hydrogens is 386 g/mol. The van der Waals surface area contributed by atoms with Crippen molar-refractivity contribution in [1.29, 1.82) is 5.26 Å². The van der Waals surface area contributed by atoms with Gasteiger partial charge in [-0.2, -0.15) is 5.26 Å². The van der Waals surface area contributed by atoms with E-state index in [9.17, 15) is 10.1 Å². The number of nitriles is 1. The van der Waals surface area contributed by atoms with Crippen LogP contribution in [0, 0.1) is 11.3 Å². The fraction of sp³-hybridized carbons (Fsp3) is 0.130. The van der Waals surface area contributed by atoms with Gasteiger partial charge in [-0.15, -0.1) is 0 Å². The summed E-state index contributed by atoms with van der Waals surface area (Å²) in [5.74, 6) is 1.52. The van der Waals surface area contributed by atoms with Crippen LogP contribution in [0.5, 0.6) is 28.7 Å². The molecule has 4 rings (SSSR count). The predicted octanol–water partition coefficient (Wildman–Crippen LogP) is 4.29. The van der Waals surface area contributed by atoms with E-state index in [4.69, 9.17) is 24.1 Å². The van der Waals surface area contributed by atoms with E-state index < -0.39 is 5.97 Å². The minimum atomic E-state index is -0.967. The zero-order chi connectivity index (χ0) is 20.9. The Hall–Kier alpha value is -4.18. The molecule has 150 valence electrons. The van der Waals surface area contributed by atoms with E-state index in [1.54, 1.807) is 42.5 Å². The van der Waals surface area contributed by atoms with Crippen LogP contribution in [-0.4, -0.2) is 17.9 Å². The van der Waals surface area contributed by atoms with E-state index >= 15 is 0 Å². The Morgan fingerprint density at radius 2 is 1.87 bits per heavy atom. The van der Waals surface area contributed by atoms with Crippen molar-refractivity contribution in [1.82, 2.24) is 0 Å². The van der Waals surface area contributed by atoms with Gasteiger partial charge in [0, 0.05) is 17.2 Å². The number of aliphatic carboxylic acids is 1. The van der Waals surface area contributed by atoms with Crippen LogP contribution in [0.15, 0.2) is 60.7 Å². The molecule has 1 N–H and O–H groups in total. The molecule has 7 nitrogen and oxygen atoms in total. The van der Waals surface area contributed by atoms with Gasteiger partial charge in [-0.25, -0.2) is 0 Å². The first kappa shape index (κ1) is 19.2. The average molecular weight is 403 g/mol. The number of benzene rings is 3. The molecule has 1 heterocycles. The SMILES string of the molecule is N#Cc1ccc(OCc2cccc3c2OCO3)cc1Oc1ccccc1CC(=O)O. The number of ether oxygens (including phenoxy) is 4. The molecular formula is C23H17NO6. The van der Waals surface area contributed by atoms with Crippen molar-refractivity contribution in [3.05, 3.63) is 77.4 Å². The summed E-state index contributed by atoms with van der Waals surface area (Å²) in [6.07, 6.45) is -0.185. The van der Waals surface area contributed by atoms with Crippen LogP contribution < -0.4 is 18.9 Å². The largest absolute Gasteiger partial charge is 0.489 e. The summed E-state index contributed by atoms with van der Waals surface area (Å²) in [4.78, 5) is 11.1. The number of hydrogen-bond acceptors (Lipinski definition) is 6. The topological polar surface area (TPSA) is 98.0 Å². The molecule has 0 saturated heterocycles. The van der Waals surface area contributed by atoms with Gasteiger partial charge in [0.1, 0.15) is 29.9 Å². The second-order valence-electron chi connectivity index (χ2n) is 6.49. The molecule has 3 aromatic rings. The van der Waals surface area contributed by atoms with Crippen LogP contribution in [-0.2, 0) is 17.8 Å². The van der Waals surface area contributed by atoms with Gasteiger partial charge < -0.3 is 24.1 Å². The Balaban J connectivity index is 1.56. The summed E-state index contributed by atoms with van der Waals surface area (Å²) < 4.78 is 22.6. The molecule has 3 aromatic carbocycles. The summed E-state index contributed by atoms with van der Waals surface area (Å²) in [5.41, 5.74) is 1.66. The molecule has 0 spiro atoms.